The van der Waals surface area contributed by atoms with Gasteiger partial charge in [-0.2, -0.15) is 4.31 Å². The van der Waals surface area contributed by atoms with Gasteiger partial charge in [0.1, 0.15) is 0 Å². The molecule has 0 aliphatic rings. The summed E-state index contributed by atoms with van der Waals surface area (Å²) in [7, 11) is -3.72. The molecular formula is C22H22N2O3S. The number of para-hydroxylation sites is 1. The van der Waals surface area contributed by atoms with Crippen molar-refractivity contribution in [1.82, 2.24) is 4.31 Å². The molecule has 3 rings (SSSR count). The van der Waals surface area contributed by atoms with Crippen LogP contribution in [-0.2, 0) is 16.6 Å². The second-order valence-electron chi connectivity index (χ2n) is 6.26. The van der Waals surface area contributed by atoms with Gasteiger partial charge < -0.3 is 5.32 Å². The lowest BCUT2D eigenvalue weighted by molar-refractivity contribution is 0.102. The lowest BCUT2D eigenvalue weighted by Crippen LogP contribution is -2.30. The molecule has 0 aromatic heterocycles. The number of amides is 1. The van der Waals surface area contributed by atoms with Crippen LogP contribution in [0.3, 0.4) is 0 Å². The maximum atomic E-state index is 13.1. The molecular weight excluding hydrogens is 372 g/mol. The van der Waals surface area contributed by atoms with Crippen molar-refractivity contribution in [1.29, 1.82) is 0 Å². The SMILES string of the molecule is CCN(Cc1ccccc1)S(=O)(=O)c1cccc(C(=O)Nc2ccccc2)c1. The third-order valence-corrected chi connectivity index (χ3v) is 6.24. The van der Waals surface area contributed by atoms with Gasteiger partial charge in [-0.25, -0.2) is 8.42 Å². The van der Waals surface area contributed by atoms with Crippen LogP contribution in [0.15, 0.2) is 89.8 Å². The molecule has 0 fully saturated rings. The van der Waals surface area contributed by atoms with Gasteiger partial charge in [0.2, 0.25) is 10.0 Å². The molecule has 0 heterocycles. The zero-order valence-corrected chi connectivity index (χ0v) is 16.4. The van der Waals surface area contributed by atoms with E-state index in [0.29, 0.717) is 17.8 Å². The van der Waals surface area contributed by atoms with Crippen LogP contribution in [0.4, 0.5) is 5.69 Å². The second-order valence-corrected chi connectivity index (χ2v) is 8.20. The van der Waals surface area contributed by atoms with E-state index in [1.54, 1.807) is 31.2 Å². The third kappa shape index (κ3) is 4.65. The maximum absolute atomic E-state index is 13.1. The highest BCUT2D eigenvalue weighted by molar-refractivity contribution is 7.89. The van der Waals surface area contributed by atoms with Crippen LogP contribution in [0.5, 0.6) is 0 Å². The number of hydrogen-bond donors (Lipinski definition) is 1. The quantitative estimate of drug-likeness (QED) is 0.655. The lowest BCUT2D eigenvalue weighted by atomic mass is 10.2. The largest absolute Gasteiger partial charge is 0.322 e. The molecule has 0 saturated heterocycles. The first-order chi connectivity index (χ1) is 13.5. The van der Waals surface area contributed by atoms with E-state index in [9.17, 15) is 13.2 Å². The van der Waals surface area contributed by atoms with Crippen molar-refractivity contribution in [3.05, 3.63) is 96.1 Å². The molecule has 0 unspecified atom stereocenters. The Morgan fingerprint density at radius 3 is 2.18 bits per heavy atom. The van der Waals surface area contributed by atoms with Crippen LogP contribution in [0.2, 0.25) is 0 Å². The Morgan fingerprint density at radius 1 is 0.893 bits per heavy atom. The predicted molar refractivity (Wildman–Crippen MR) is 111 cm³/mol. The van der Waals surface area contributed by atoms with Crippen molar-refractivity contribution >= 4 is 21.6 Å². The fourth-order valence-corrected chi connectivity index (χ4v) is 4.31. The van der Waals surface area contributed by atoms with Gasteiger partial charge >= 0.3 is 0 Å². The molecule has 1 N–H and O–H groups in total. The molecule has 0 spiro atoms. The van der Waals surface area contributed by atoms with Gasteiger partial charge in [-0.05, 0) is 35.9 Å². The minimum absolute atomic E-state index is 0.103. The van der Waals surface area contributed by atoms with Crippen LogP contribution in [-0.4, -0.2) is 25.2 Å². The van der Waals surface area contributed by atoms with E-state index < -0.39 is 10.0 Å². The highest BCUT2D eigenvalue weighted by atomic mass is 32.2. The number of nitrogens with one attached hydrogen (secondary N) is 1. The smallest absolute Gasteiger partial charge is 0.255 e. The minimum Gasteiger partial charge on any atom is -0.322 e. The molecule has 3 aromatic carbocycles. The standard InChI is InChI=1S/C22H22N2O3S/c1-2-24(17-18-10-5-3-6-11-18)28(26,27)21-15-9-12-19(16-21)22(25)23-20-13-7-4-8-14-20/h3-16H,2,17H2,1H3,(H,23,25). The van der Waals surface area contributed by atoms with Crippen LogP contribution >= 0.6 is 0 Å². The summed E-state index contributed by atoms with van der Waals surface area (Å²) in [5, 5.41) is 2.77. The number of carbonyl (C=O) groups excluding carboxylic acids is 1. The third-order valence-electron chi connectivity index (χ3n) is 4.32. The van der Waals surface area contributed by atoms with Gasteiger partial charge in [0.25, 0.3) is 5.91 Å². The van der Waals surface area contributed by atoms with Crippen LogP contribution < -0.4 is 5.32 Å². The van der Waals surface area contributed by atoms with Crippen LogP contribution in [0.1, 0.15) is 22.8 Å². The Kier molecular flexibility index (Phi) is 6.23. The van der Waals surface area contributed by atoms with E-state index in [0.717, 1.165) is 5.56 Å². The number of sulfonamides is 1. The molecule has 6 heteroatoms. The molecule has 5 nitrogen and oxygen atoms in total. The molecule has 0 atom stereocenters. The number of anilines is 1. The first-order valence-electron chi connectivity index (χ1n) is 9.01. The van der Waals surface area contributed by atoms with E-state index in [1.807, 2.05) is 48.5 Å². The molecule has 0 bridgehead atoms. The first-order valence-corrected chi connectivity index (χ1v) is 10.5. The van der Waals surface area contributed by atoms with Gasteiger partial charge in [0.05, 0.1) is 4.90 Å². The first kappa shape index (κ1) is 19.8. The topological polar surface area (TPSA) is 66.5 Å². The predicted octanol–water partition coefficient (Wildman–Crippen LogP) is 4.15. The Morgan fingerprint density at radius 2 is 1.54 bits per heavy atom. The molecule has 0 aliphatic carbocycles. The van der Waals surface area contributed by atoms with Crippen molar-refractivity contribution in [2.45, 2.75) is 18.4 Å². The van der Waals surface area contributed by atoms with Gasteiger partial charge in [-0.3, -0.25) is 4.79 Å². The number of nitrogens with zero attached hydrogens (tertiary/aromatic N) is 1. The molecule has 0 saturated carbocycles. The van der Waals surface area contributed by atoms with Crippen molar-refractivity contribution < 1.29 is 13.2 Å². The minimum atomic E-state index is -3.72. The Hall–Kier alpha value is -2.96. The van der Waals surface area contributed by atoms with Crippen molar-refractivity contribution in [2.75, 3.05) is 11.9 Å². The number of benzene rings is 3. The van der Waals surface area contributed by atoms with Crippen molar-refractivity contribution in [3.8, 4) is 0 Å². The highest BCUT2D eigenvalue weighted by Crippen LogP contribution is 2.20. The molecule has 1 amide bonds. The number of hydrogen-bond acceptors (Lipinski definition) is 3. The van der Waals surface area contributed by atoms with Gasteiger partial charge in [-0.1, -0.05) is 61.5 Å². The van der Waals surface area contributed by atoms with E-state index in [-0.39, 0.29) is 17.3 Å². The zero-order valence-electron chi connectivity index (χ0n) is 15.6. The summed E-state index contributed by atoms with van der Waals surface area (Å²) in [6.07, 6.45) is 0. The summed E-state index contributed by atoms with van der Waals surface area (Å²) < 4.78 is 27.6. The lowest BCUT2D eigenvalue weighted by Gasteiger charge is -2.21. The second kappa shape index (κ2) is 8.82. The van der Waals surface area contributed by atoms with Gasteiger partial charge in [-0.15, -0.1) is 0 Å². The highest BCUT2D eigenvalue weighted by Gasteiger charge is 2.24. The zero-order chi connectivity index (χ0) is 20.0. The Bertz CT molecular complexity index is 1040. The van der Waals surface area contributed by atoms with Crippen molar-refractivity contribution in [2.24, 2.45) is 0 Å². The monoisotopic (exact) mass is 394 g/mol. The molecule has 144 valence electrons. The summed E-state index contributed by atoms with van der Waals surface area (Å²) in [5.74, 6) is -0.352. The number of rotatable bonds is 7. The fraction of sp³-hybridized carbons (Fsp3) is 0.136. The Labute approximate surface area is 165 Å². The van der Waals surface area contributed by atoms with Gasteiger partial charge in [0, 0.05) is 24.3 Å². The summed E-state index contributed by atoms with van der Waals surface area (Å²) in [5.41, 5.74) is 1.85. The fourth-order valence-electron chi connectivity index (χ4n) is 2.83. The van der Waals surface area contributed by atoms with Crippen LogP contribution in [0.25, 0.3) is 0 Å². The summed E-state index contributed by atoms with van der Waals surface area (Å²) in [4.78, 5) is 12.6. The van der Waals surface area contributed by atoms with Crippen molar-refractivity contribution in [3.63, 3.8) is 0 Å². The van der Waals surface area contributed by atoms with Crippen LogP contribution in [0, 0.1) is 0 Å². The van der Waals surface area contributed by atoms with E-state index in [1.165, 1.54) is 16.4 Å². The summed E-state index contributed by atoms with van der Waals surface area (Å²) in [6.45, 7) is 2.41. The molecule has 3 aromatic rings. The summed E-state index contributed by atoms with van der Waals surface area (Å²) >= 11 is 0. The summed E-state index contributed by atoms with van der Waals surface area (Å²) in [6, 6.07) is 24.6. The number of carbonyl (C=O) groups is 1. The Balaban J connectivity index is 1.83. The molecule has 0 radical (unpaired) electrons. The van der Waals surface area contributed by atoms with E-state index >= 15 is 0 Å². The average Bonchev–Trinajstić information content (AvgIpc) is 2.73. The molecule has 28 heavy (non-hydrogen) atoms. The van der Waals surface area contributed by atoms with Gasteiger partial charge in [0.15, 0.2) is 0 Å². The maximum Gasteiger partial charge on any atom is 0.255 e. The normalized spacial score (nSPS) is 11.4. The molecule has 0 aliphatic heterocycles. The average molecular weight is 394 g/mol. The van der Waals surface area contributed by atoms with E-state index in [2.05, 4.69) is 5.32 Å². The van der Waals surface area contributed by atoms with E-state index in [4.69, 9.17) is 0 Å².